The Balaban J connectivity index is 0.00000196. The Bertz CT molecular complexity index is 577. The molecule has 0 radical (unpaired) electrons. The predicted octanol–water partition coefficient (Wildman–Crippen LogP) is 2.75. The number of pyridine rings is 1. The maximum absolute atomic E-state index is 13.2. The second-order valence-electron chi connectivity index (χ2n) is 7.56. The number of anilines is 1. The molecule has 0 unspecified atom stereocenters. The van der Waals surface area contributed by atoms with Crippen molar-refractivity contribution in [2.45, 2.75) is 32.6 Å². The van der Waals surface area contributed by atoms with E-state index in [9.17, 15) is 4.79 Å². The van der Waals surface area contributed by atoms with Crippen LogP contribution in [-0.2, 0) is 9.53 Å². The lowest BCUT2D eigenvalue weighted by molar-refractivity contribution is -0.147. The molecule has 2 aliphatic heterocycles. The van der Waals surface area contributed by atoms with Crippen LogP contribution in [0.1, 0.15) is 32.6 Å². The van der Waals surface area contributed by atoms with Gasteiger partial charge >= 0.3 is 0 Å². The minimum atomic E-state index is -0.414. The normalized spacial score (nSPS) is 19.3. The van der Waals surface area contributed by atoms with Gasteiger partial charge in [0.25, 0.3) is 0 Å². The van der Waals surface area contributed by atoms with E-state index in [0.717, 1.165) is 57.7 Å². The largest absolute Gasteiger partial charge is 0.381 e. The summed E-state index contributed by atoms with van der Waals surface area (Å²) in [5.41, 5.74) is 5.62. The second kappa shape index (κ2) is 11.8. The molecule has 160 valence electrons. The molecule has 28 heavy (non-hydrogen) atoms. The summed E-state index contributed by atoms with van der Waals surface area (Å²) in [5.74, 6) is 1.84. The first-order chi connectivity index (χ1) is 12.7. The smallest absolute Gasteiger partial charge is 0.230 e. The van der Waals surface area contributed by atoms with Crippen molar-refractivity contribution in [1.29, 1.82) is 0 Å². The van der Waals surface area contributed by atoms with Gasteiger partial charge in [0.05, 0.1) is 5.41 Å². The van der Waals surface area contributed by atoms with E-state index in [1.54, 1.807) is 0 Å². The molecule has 1 aromatic heterocycles. The quantitative estimate of drug-likeness (QED) is 0.747. The highest BCUT2D eigenvalue weighted by atomic mass is 35.5. The maximum atomic E-state index is 13.2. The van der Waals surface area contributed by atoms with Crippen LogP contribution in [0.15, 0.2) is 24.4 Å². The van der Waals surface area contributed by atoms with Gasteiger partial charge in [-0.15, -0.1) is 24.8 Å². The first-order valence-corrected chi connectivity index (χ1v) is 9.91. The molecule has 0 aromatic carbocycles. The number of hydrogen-bond donors (Lipinski definition) is 1. The van der Waals surface area contributed by atoms with Crippen LogP contribution in [0.25, 0.3) is 0 Å². The van der Waals surface area contributed by atoms with Crippen molar-refractivity contribution >= 4 is 36.5 Å². The van der Waals surface area contributed by atoms with E-state index < -0.39 is 5.41 Å². The van der Waals surface area contributed by atoms with Gasteiger partial charge in [0.15, 0.2) is 0 Å². The number of nitrogens with two attached hydrogens (primary N) is 1. The number of piperidine rings is 1. The third-order valence-electron chi connectivity index (χ3n) is 6.03. The van der Waals surface area contributed by atoms with Gasteiger partial charge in [0.2, 0.25) is 5.91 Å². The van der Waals surface area contributed by atoms with Gasteiger partial charge in [-0.1, -0.05) is 6.07 Å². The Labute approximate surface area is 181 Å². The average molecular weight is 433 g/mol. The lowest BCUT2D eigenvalue weighted by Gasteiger charge is -2.41. The second-order valence-corrected chi connectivity index (χ2v) is 7.56. The van der Waals surface area contributed by atoms with E-state index >= 15 is 0 Å². The molecule has 2 N–H and O–H groups in total. The first kappa shape index (κ1) is 25.0. The minimum Gasteiger partial charge on any atom is -0.381 e. The van der Waals surface area contributed by atoms with Crippen molar-refractivity contribution in [1.82, 2.24) is 9.88 Å². The van der Waals surface area contributed by atoms with Crippen molar-refractivity contribution in [3.8, 4) is 0 Å². The Kier molecular flexibility index (Phi) is 10.5. The molecule has 0 aliphatic carbocycles. The van der Waals surface area contributed by atoms with Crippen LogP contribution in [0.5, 0.6) is 0 Å². The van der Waals surface area contributed by atoms with E-state index in [-0.39, 0.29) is 30.7 Å². The molecular weight excluding hydrogens is 399 g/mol. The first-order valence-electron chi connectivity index (χ1n) is 9.91. The van der Waals surface area contributed by atoms with E-state index in [1.807, 2.05) is 23.2 Å². The van der Waals surface area contributed by atoms with Crippen molar-refractivity contribution in [2.24, 2.45) is 17.1 Å². The summed E-state index contributed by atoms with van der Waals surface area (Å²) < 4.78 is 5.46. The number of ether oxygens (including phenoxy) is 1. The van der Waals surface area contributed by atoms with Gasteiger partial charge < -0.3 is 20.3 Å². The molecule has 3 rings (SSSR count). The van der Waals surface area contributed by atoms with E-state index in [4.69, 9.17) is 10.5 Å². The molecule has 8 heteroatoms. The van der Waals surface area contributed by atoms with Crippen LogP contribution in [0.2, 0.25) is 0 Å². The van der Waals surface area contributed by atoms with Crippen molar-refractivity contribution in [2.75, 3.05) is 50.8 Å². The highest BCUT2D eigenvalue weighted by Gasteiger charge is 2.41. The van der Waals surface area contributed by atoms with Crippen molar-refractivity contribution in [3.05, 3.63) is 24.4 Å². The molecule has 0 atom stereocenters. The fourth-order valence-corrected chi connectivity index (χ4v) is 4.16. The zero-order valence-electron chi connectivity index (χ0n) is 16.7. The summed E-state index contributed by atoms with van der Waals surface area (Å²) in [5, 5.41) is 0. The van der Waals surface area contributed by atoms with Crippen LogP contribution < -0.4 is 10.6 Å². The number of rotatable bonds is 6. The number of carbonyl (C=O) groups is 1. The van der Waals surface area contributed by atoms with Gasteiger partial charge in [-0.25, -0.2) is 4.98 Å². The van der Waals surface area contributed by atoms with E-state index in [1.165, 1.54) is 0 Å². The monoisotopic (exact) mass is 432 g/mol. The van der Waals surface area contributed by atoms with Crippen LogP contribution >= 0.6 is 24.8 Å². The minimum absolute atomic E-state index is 0. The third-order valence-corrected chi connectivity index (χ3v) is 6.03. The fourth-order valence-electron chi connectivity index (χ4n) is 4.16. The van der Waals surface area contributed by atoms with Crippen molar-refractivity contribution < 1.29 is 9.53 Å². The number of carbonyl (C=O) groups excluding carboxylic acids is 1. The molecule has 2 fully saturated rings. The van der Waals surface area contributed by atoms with Crippen molar-refractivity contribution in [3.63, 3.8) is 0 Å². The number of aromatic nitrogens is 1. The van der Waals surface area contributed by atoms with Crippen LogP contribution in [0.3, 0.4) is 0 Å². The number of amides is 1. The summed E-state index contributed by atoms with van der Waals surface area (Å²) in [6.45, 7) is 7.38. The molecule has 6 nitrogen and oxygen atoms in total. The summed E-state index contributed by atoms with van der Waals surface area (Å²) in [6.07, 6.45) is 5.53. The van der Waals surface area contributed by atoms with Gasteiger partial charge in [0, 0.05) is 52.1 Å². The predicted molar refractivity (Wildman–Crippen MR) is 117 cm³/mol. The maximum Gasteiger partial charge on any atom is 0.230 e. The van der Waals surface area contributed by atoms with Gasteiger partial charge in [-0.2, -0.15) is 0 Å². The highest BCUT2D eigenvalue weighted by molar-refractivity contribution is 5.85. The lowest BCUT2D eigenvalue weighted by atomic mass is 9.78. The zero-order chi connectivity index (χ0) is 18.4. The number of hydrogen-bond acceptors (Lipinski definition) is 5. The van der Waals surface area contributed by atoms with E-state index in [0.29, 0.717) is 25.7 Å². The number of nitrogens with zero attached hydrogens (tertiary/aromatic N) is 3. The molecule has 0 bridgehead atoms. The zero-order valence-corrected chi connectivity index (χ0v) is 18.3. The summed E-state index contributed by atoms with van der Waals surface area (Å²) in [4.78, 5) is 22.0. The fraction of sp³-hybridized carbons (Fsp3) is 0.700. The molecule has 3 heterocycles. The van der Waals surface area contributed by atoms with Gasteiger partial charge in [-0.05, 0) is 50.7 Å². The van der Waals surface area contributed by atoms with Crippen LogP contribution in [-0.4, -0.2) is 61.7 Å². The average Bonchev–Trinajstić information content (AvgIpc) is 2.73. The molecule has 1 amide bonds. The Morgan fingerprint density at radius 2 is 1.96 bits per heavy atom. The Morgan fingerprint density at radius 3 is 2.50 bits per heavy atom. The Hall–Kier alpha value is -1.08. The molecule has 0 saturated carbocycles. The topological polar surface area (TPSA) is 71.7 Å². The molecule has 2 aliphatic rings. The molecule has 1 aromatic rings. The Morgan fingerprint density at radius 1 is 1.29 bits per heavy atom. The summed E-state index contributed by atoms with van der Waals surface area (Å²) in [6, 6.07) is 6.05. The molecular formula is C20H34Cl2N4O2. The van der Waals surface area contributed by atoms with Crippen LogP contribution in [0.4, 0.5) is 5.82 Å². The molecule has 0 spiro atoms. The summed E-state index contributed by atoms with van der Waals surface area (Å²) in [7, 11) is 0. The van der Waals surface area contributed by atoms with Crippen LogP contribution in [0, 0.1) is 11.3 Å². The van der Waals surface area contributed by atoms with E-state index in [2.05, 4.69) is 22.9 Å². The SMILES string of the molecule is CCN(CC1CCN(c2ccccn2)CC1)C(=O)C1(CN)CCOCC1.Cl.Cl. The number of halogens is 2. The summed E-state index contributed by atoms with van der Waals surface area (Å²) >= 11 is 0. The lowest BCUT2D eigenvalue weighted by Crippen LogP contribution is -2.52. The molecule has 2 saturated heterocycles. The highest BCUT2D eigenvalue weighted by Crippen LogP contribution is 2.32. The van der Waals surface area contributed by atoms with Gasteiger partial charge in [0.1, 0.15) is 5.82 Å². The standard InChI is InChI=1S/C20H32N4O2.2ClH/c1-2-23(19(25)20(16-21)8-13-26-14-9-20)15-17-6-11-24(12-7-17)18-5-3-4-10-22-18;;/h3-5,10,17H,2,6-9,11-16,21H2,1H3;2*1H. The third kappa shape index (κ3) is 5.72. The van der Waals surface area contributed by atoms with Gasteiger partial charge in [-0.3, -0.25) is 4.79 Å².